The minimum atomic E-state index is 0.294. The zero-order valence-corrected chi connectivity index (χ0v) is 11.3. The van der Waals surface area contributed by atoms with Crippen molar-refractivity contribution in [3.63, 3.8) is 0 Å². The molecule has 0 aliphatic rings. The van der Waals surface area contributed by atoms with Crippen LogP contribution >= 0.6 is 0 Å². The van der Waals surface area contributed by atoms with Gasteiger partial charge in [-0.1, -0.05) is 18.2 Å². The topological polar surface area (TPSA) is 28.4 Å². The highest BCUT2D eigenvalue weighted by Gasteiger charge is 2.07. The summed E-state index contributed by atoms with van der Waals surface area (Å²) < 4.78 is 2.19. The van der Waals surface area contributed by atoms with Crippen LogP contribution in [0.4, 0.5) is 0 Å². The van der Waals surface area contributed by atoms with Crippen LogP contribution in [0.15, 0.2) is 30.5 Å². The molecule has 0 atom stereocenters. The summed E-state index contributed by atoms with van der Waals surface area (Å²) in [5.41, 5.74) is 2.66. The van der Waals surface area contributed by atoms with Crippen molar-refractivity contribution in [2.45, 2.75) is 19.4 Å². The molecule has 0 aliphatic carbocycles. The average molecular weight is 246 g/mol. The standard InChI is InChI=1S/C15H22N2O/c1-16(9-5-6-10-18)11-13-12-17(2)15-8-4-3-7-14(13)15/h3-4,7-8,12,18H,5-6,9-11H2,1-2H3. The predicted molar refractivity (Wildman–Crippen MR) is 75.6 cm³/mol. The summed E-state index contributed by atoms with van der Waals surface area (Å²) in [4.78, 5) is 2.32. The first-order chi connectivity index (χ1) is 8.72. The van der Waals surface area contributed by atoms with Crippen LogP contribution in [0.3, 0.4) is 0 Å². The Morgan fingerprint density at radius 3 is 2.78 bits per heavy atom. The molecule has 1 N–H and O–H groups in total. The number of para-hydroxylation sites is 1. The normalized spacial score (nSPS) is 11.6. The van der Waals surface area contributed by atoms with E-state index in [1.807, 2.05) is 0 Å². The van der Waals surface area contributed by atoms with Crippen LogP contribution in [-0.4, -0.2) is 34.8 Å². The number of nitrogens with zero attached hydrogens (tertiary/aromatic N) is 2. The lowest BCUT2D eigenvalue weighted by Gasteiger charge is -2.15. The minimum absolute atomic E-state index is 0.294. The van der Waals surface area contributed by atoms with E-state index in [-0.39, 0.29) is 0 Å². The van der Waals surface area contributed by atoms with E-state index in [0.29, 0.717) is 6.61 Å². The van der Waals surface area contributed by atoms with Gasteiger partial charge in [-0.05, 0) is 38.1 Å². The second kappa shape index (κ2) is 6.03. The molecule has 3 nitrogen and oxygen atoms in total. The highest BCUT2D eigenvalue weighted by Crippen LogP contribution is 2.21. The van der Waals surface area contributed by atoms with Crippen LogP contribution in [0.1, 0.15) is 18.4 Å². The molecule has 3 heteroatoms. The Kier molecular flexibility index (Phi) is 4.39. The quantitative estimate of drug-likeness (QED) is 0.793. The molecule has 0 unspecified atom stereocenters. The van der Waals surface area contributed by atoms with Gasteiger partial charge in [0.1, 0.15) is 0 Å². The summed E-state index contributed by atoms with van der Waals surface area (Å²) in [5.74, 6) is 0. The minimum Gasteiger partial charge on any atom is -0.396 e. The predicted octanol–water partition coefficient (Wildman–Crippen LogP) is 2.38. The van der Waals surface area contributed by atoms with E-state index < -0.39 is 0 Å². The third kappa shape index (κ3) is 2.92. The summed E-state index contributed by atoms with van der Waals surface area (Å²) in [7, 11) is 4.23. The Labute approximate surface area is 109 Å². The molecule has 0 radical (unpaired) electrons. The Balaban J connectivity index is 2.07. The maximum atomic E-state index is 8.79. The lowest BCUT2D eigenvalue weighted by atomic mass is 10.1. The zero-order valence-electron chi connectivity index (χ0n) is 11.3. The van der Waals surface area contributed by atoms with Gasteiger partial charge in [-0.15, -0.1) is 0 Å². The first-order valence-corrected chi connectivity index (χ1v) is 6.54. The van der Waals surface area contributed by atoms with E-state index >= 15 is 0 Å². The Morgan fingerprint density at radius 2 is 2.00 bits per heavy atom. The molecule has 0 aliphatic heterocycles. The molecule has 0 saturated heterocycles. The van der Waals surface area contributed by atoms with Crippen LogP contribution in [0.2, 0.25) is 0 Å². The van der Waals surface area contributed by atoms with Crippen molar-refractivity contribution in [2.75, 3.05) is 20.2 Å². The Hall–Kier alpha value is -1.32. The number of fused-ring (bicyclic) bond motifs is 1. The van der Waals surface area contributed by atoms with Crippen molar-refractivity contribution >= 4 is 10.9 Å². The highest BCUT2D eigenvalue weighted by atomic mass is 16.2. The fourth-order valence-corrected chi connectivity index (χ4v) is 2.41. The molecular formula is C15H22N2O. The number of hydrogen-bond donors (Lipinski definition) is 1. The molecule has 0 fully saturated rings. The fraction of sp³-hybridized carbons (Fsp3) is 0.467. The SMILES string of the molecule is CN(CCCCO)Cc1cn(C)c2ccccc12. The number of rotatable bonds is 6. The number of unbranched alkanes of at least 4 members (excludes halogenated alkanes) is 1. The Morgan fingerprint density at radius 1 is 1.22 bits per heavy atom. The Bertz CT molecular complexity index is 504. The zero-order chi connectivity index (χ0) is 13.0. The van der Waals surface area contributed by atoms with E-state index in [0.717, 1.165) is 25.9 Å². The van der Waals surface area contributed by atoms with Gasteiger partial charge >= 0.3 is 0 Å². The third-order valence-electron chi connectivity index (χ3n) is 3.37. The van der Waals surface area contributed by atoms with Gasteiger partial charge in [-0.3, -0.25) is 0 Å². The monoisotopic (exact) mass is 246 g/mol. The van der Waals surface area contributed by atoms with Crippen LogP contribution < -0.4 is 0 Å². The van der Waals surface area contributed by atoms with E-state index in [9.17, 15) is 0 Å². The van der Waals surface area contributed by atoms with Gasteiger partial charge in [-0.25, -0.2) is 0 Å². The van der Waals surface area contributed by atoms with Crippen molar-refractivity contribution in [3.8, 4) is 0 Å². The lowest BCUT2D eigenvalue weighted by Crippen LogP contribution is -2.19. The number of aliphatic hydroxyl groups is 1. The molecule has 0 spiro atoms. The molecule has 2 rings (SSSR count). The summed E-state index contributed by atoms with van der Waals surface area (Å²) in [6, 6.07) is 8.52. The number of hydrogen-bond acceptors (Lipinski definition) is 2. The average Bonchev–Trinajstić information content (AvgIpc) is 2.67. The molecule has 0 amide bonds. The maximum Gasteiger partial charge on any atom is 0.0481 e. The smallest absolute Gasteiger partial charge is 0.0481 e. The van der Waals surface area contributed by atoms with E-state index in [1.54, 1.807) is 0 Å². The van der Waals surface area contributed by atoms with Gasteiger partial charge < -0.3 is 14.6 Å². The van der Waals surface area contributed by atoms with Crippen LogP contribution in [0.25, 0.3) is 10.9 Å². The first-order valence-electron chi connectivity index (χ1n) is 6.54. The lowest BCUT2D eigenvalue weighted by molar-refractivity contribution is 0.261. The molecule has 0 saturated carbocycles. The van der Waals surface area contributed by atoms with E-state index in [2.05, 4.69) is 54.0 Å². The van der Waals surface area contributed by atoms with Gasteiger partial charge in [0.05, 0.1) is 0 Å². The van der Waals surface area contributed by atoms with Crippen molar-refractivity contribution < 1.29 is 5.11 Å². The van der Waals surface area contributed by atoms with Gasteiger partial charge in [0.15, 0.2) is 0 Å². The van der Waals surface area contributed by atoms with Gasteiger partial charge in [0.2, 0.25) is 0 Å². The van der Waals surface area contributed by atoms with Crippen LogP contribution in [0.5, 0.6) is 0 Å². The number of aromatic nitrogens is 1. The summed E-state index contributed by atoms with van der Waals surface area (Å²) >= 11 is 0. The summed E-state index contributed by atoms with van der Waals surface area (Å²) in [5, 5.41) is 10.1. The molecule has 0 bridgehead atoms. The van der Waals surface area contributed by atoms with Gasteiger partial charge in [0.25, 0.3) is 0 Å². The molecule has 18 heavy (non-hydrogen) atoms. The van der Waals surface area contributed by atoms with Crippen LogP contribution in [-0.2, 0) is 13.6 Å². The summed E-state index contributed by atoms with van der Waals surface area (Å²) in [6.45, 7) is 2.29. The van der Waals surface area contributed by atoms with Crippen molar-refractivity contribution in [3.05, 3.63) is 36.0 Å². The molecule has 1 heterocycles. The molecule has 2 aromatic rings. The van der Waals surface area contributed by atoms with E-state index in [1.165, 1.54) is 16.5 Å². The number of aliphatic hydroxyl groups excluding tert-OH is 1. The van der Waals surface area contributed by atoms with Crippen molar-refractivity contribution in [2.24, 2.45) is 7.05 Å². The van der Waals surface area contributed by atoms with E-state index in [4.69, 9.17) is 5.11 Å². The number of aryl methyl sites for hydroxylation is 1. The molecule has 98 valence electrons. The summed E-state index contributed by atoms with van der Waals surface area (Å²) in [6.07, 6.45) is 4.16. The second-order valence-corrected chi connectivity index (χ2v) is 4.95. The number of benzene rings is 1. The fourth-order valence-electron chi connectivity index (χ4n) is 2.41. The molecule has 1 aromatic heterocycles. The third-order valence-corrected chi connectivity index (χ3v) is 3.37. The molecule has 1 aromatic carbocycles. The largest absolute Gasteiger partial charge is 0.396 e. The second-order valence-electron chi connectivity index (χ2n) is 4.95. The first kappa shape index (κ1) is 13.1. The van der Waals surface area contributed by atoms with Gasteiger partial charge in [0, 0.05) is 37.3 Å². The maximum absolute atomic E-state index is 8.79. The van der Waals surface area contributed by atoms with Crippen LogP contribution in [0, 0.1) is 0 Å². The highest BCUT2D eigenvalue weighted by molar-refractivity contribution is 5.83. The molecular weight excluding hydrogens is 224 g/mol. The van der Waals surface area contributed by atoms with Crippen molar-refractivity contribution in [1.29, 1.82) is 0 Å². The van der Waals surface area contributed by atoms with Crippen molar-refractivity contribution in [1.82, 2.24) is 9.47 Å². The van der Waals surface area contributed by atoms with Gasteiger partial charge in [-0.2, -0.15) is 0 Å².